The van der Waals surface area contributed by atoms with E-state index in [1.807, 2.05) is 44.2 Å². The molecule has 218 valence electrons. The number of pyridine rings is 1. The number of sulfonamides is 1. The first-order chi connectivity index (χ1) is 19.4. The number of anilines is 2. The quantitative estimate of drug-likeness (QED) is 0.244. The molecule has 3 heterocycles. The lowest BCUT2D eigenvalue weighted by Gasteiger charge is -2.26. The summed E-state index contributed by atoms with van der Waals surface area (Å²) in [6.07, 6.45) is 3.22. The molecule has 1 aliphatic heterocycles. The number of urea groups is 1. The molecule has 12 nitrogen and oxygen atoms in total. The number of carbonyl (C=O) groups excluding carboxylic acids is 2. The fourth-order valence-electron chi connectivity index (χ4n) is 4.97. The molecule has 5 N–H and O–H groups in total. The van der Waals surface area contributed by atoms with Crippen molar-refractivity contribution in [2.24, 2.45) is 5.92 Å². The smallest absolute Gasteiger partial charge is 0.323 e. The van der Waals surface area contributed by atoms with Crippen molar-refractivity contribution in [1.29, 1.82) is 0 Å². The van der Waals surface area contributed by atoms with E-state index in [1.165, 1.54) is 6.20 Å². The van der Waals surface area contributed by atoms with Crippen LogP contribution < -0.4 is 15.4 Å². The fourth-order valence-corrected chi connectivity index (χ4v) is 5.67. The third kappa shape index (κ3) is 7.92. The zero-order chi connectivity index (χ0) is 29.7. The van der Waals surface area contributed by atoms with Gasteiger partial charge in [-0.1, -0.05) is 25.1 Å². The van der Waals surface area contributed by atoms with Gasteiger partial charge in [0, 0.05) is 35.7 Å². The molecule has 1 fully saturated rings. The van der Waals surface area contributed by atoms with Gasteiger partial charge in [0.25, 0.3) is 0 Å². The van der Waals surface area contributed by atoms with Crippen molar-refractivity contribution >= 4 is 39.3 Å². The first-order valence-electron chi connectivity index (χ1n) is 13.2. The Morgan fingerprint density at radius 2 is 1.88 bits per heavy atom. The van der Waals surface area contributed by atoms with Crippen LogP contribution in [0.4, 0.5) is 16.2 Å². The normalized spacial score (nSPS) is 17.7. The van der Waals surface area contributed by atoms with Crippen LogP contribution in [0.3, 0.4) is 0 Å². The van der Waals surface area contributed by atoms with E-state index >= 15 is 0 Å². The Kier molecular flexibility index (Phi) is 9.08. The maximum Gasteiger partial charge on any atom is 0.323 e. The summed E-state index contributed by atoms with van der Waals surface area (Å²) in [6, 6.07) is 12.4. The number of aromatic amines is 1. The predicted octanol–water partition coefficient (Wildman–Crippen LogP) is 3.06. The number of rotatable bonds is 10. The minimum atomic E-state index is -3.71. The molecule has 3 unspecified atom stereocenters. The summed E-state index contributed by atoms with van der Waals surface area (Å²) in [5.74, 6) is -1.23. The zero-order valence-corrected chi connectivity index (χ0v) is 23.9. The van der Waals surface area contributed by atoms with Crippen molar-refractivity contribution in [3.05, 3.63) is 77.4 Å². The average Bonchev–Trinajstić information content (AvgIpc) is 3.51. The summed E-state index contributed by atoms with van der Waals surface area (Å²) < 4.78 is 25.2. The van der Waals surface area contributed by atoms with Gasteiger partial charge in [0.05, 0.1) is 30.6 Å². The molecule has 1 aliphatic rings. The summed E-state index contributed by atoms with van der Waals surface area (Å²) in [5, 5.41) is 14.9. The summed E-state index contributed by atoms with van der Waals surface area (Å²) in [4.78, 5) is 46.6. The number of nitrogens with zero attached hydrogens (tertiary/aromatic N) is 2. The second-order valence-electron chi connectivity index (χ2n) is 10.3. The summed E-state index contributed by atoms with van der Waals surface area (Å²) in [6.45, 7) is 4.51. The number of aryl methyl sites for hydroxylation is 1. The largest absolute Gasteiger partial charge is 0.480 e. The van der Waals surface area contributed by atoms with Crippen molar-refractivity contribution in [2.45, 2.75) is 45.2 Å². The van der Waals surface area contributed by atoms with E-state index in [9.17, 15) is 27.9 Å². The highest BCUT2D eigenvalue weighted by atomic mass is 32.2. The van der Waals surface area contributed by atoms with Gasteiger partial charge in [-0.15, -0.1) is 0 Å². The SMILES string of the molecule is Cc1ccccc1NC(=O)Nc1ccc(CC(=O)N2CCC(C)C2c2ccc(CC(NS(C)(=O)=O)C(=O)O)[nH]2)nc1. The third-order valence-corrected chi connectivity index (χ3v) is 7.71. The topological polar surface area (TPSA) is 174 Å². The number of hydrogen-bond donors (Lipinski definition) is 5. The van der Waals surface area contributed by atoms with Gasteiger partial charge in [-0.3, -0.25) is 14.6 Å². The molecule has 3 aromatic rings. The van der Waals surface area contributed by atoms with Gasteiger partial charge >= 0.3 is 12.0 Å². The van der Waals surface area contributed by atoms with Crippen LogP contribution in [0.25, 0.3) is 0 Å². The van der Waals surface area contributed by atoms with Gasteiger partial charge in [0.15, 0.2) is 0 Å². The van der Waals surface area contributed by atoms with Gasteiger partial charge in [-0.2, -0.15) is 0 Å². The Labute approximate surface area is 238 Å². The van der Waals surface area contributed by atoms with Crippen LogP contribution in [-0.4, -0.2) is 65.1 Å². The molecule has 0 bridgehead atoms. The van der Waals surface area contributed by atoms with Gasteiger partial charge in [-0.05, 0) is 55.2 Å². The van der Waals surface area contributed by atoms with Crippen molar-refractivity contribution in [1.82, 2.24) is 19.6 Å². The number of para-hydroxylation sites is 1. The van der Waals surface area contributed by atoms with Crippen molar-refractivity contribution in [2.75, 3.05) is 23.4 Å². The highest BCUT2D eigenvalue weighted by molar-refractivity contribution is 7.88. The van der Waals surface area contributed by atoms with Crippen LogP contribution in [0.15, 0.2) is 54.7 Å². The summed E-state index contributed by atoms with van der Waals surface area (Å²) >= 11 is 0. The molecule has 0 radical (unpaired) electrons. The standard InChI is InChI=1S/C28H34N6O6S/c1-17-6-4-5-7-22(17)32-28(38)31-21-9-8-19(29-16-21)15-25(35)34-13-12-18(2)26(34)23-11-10-20(30-23)14-24(27(36)37)33-41(3,39)40/h4-11,16,18,24,26,30,33H,12-15H2,1-3H3,(H,36,37)(H2,31,32,38). The van der Waals surface area contributed by atoms with Crippen LogP contribution in [0, 0.1) is 12.8 Å². The molecule has 3 amide bonds. The molecule has 41 heavy (non-hydrogen) atoms. The molecule has 1 saturated heterocycles. The minimum absolute atomic E-state index is 0.0647. The van der Waals surface area contributed by atoms with Gasteiger partial charge in [0.2, 0.25) is 15.9 Å². The summed E-state index contributed by atoms with van der Waals surface area (Å²) in [7, 11) is -3.71. The average molecular weight is 583 g/mol. The predicted molar refractivity (Wildman–Crippen MR) is 154 cm³/mol. The van der Waals surface area contributed by atoms with Gasteiger partial charge in [0.1, 0.15) is 6.04 Å². The van der Waals surface area contributed by atoms with E-state index in [0.29, 0.717) is 29.3 Å². The fraction of sp³-hybridized carbons (Fsp3) is 0.357. The molecule has 13 heteroatoms. The number of hydrogen-bond acceptors (Lipinski definition) is 6. The third-order valence-electron chi connectivity index (χ3n) is 6.99. The Balaban J connectivity index is 1.37. The Morgan fingerprint density at radius 1 is 1.12 bits per heavy atom. The van der Waals surface area contributed by atoms with E-state index in [1.54, 1.807) is 23.1 Å². The number of nitrogens with one attached hydrogen (secondary N) is 4. The molecule has 1 aromatic carbocycles. The van der Waals surface area contributed by atoms with Crippen LogP contribution in [0.1, 0.15) is 42.0 Å². The number of carboxylic acid groups (broad SMARTS) is 1. The first-order valence-corrected chi connectivity index (χ1v) is 15.0. The van der Waals surface area contributed by atoms with E-state index in [4.69, 9.17) is 0 Å². The van der Waals surface area contributed by atoms with Crippen molar-refractivity contribution in [3.8, 4) is 0 Å². The van der Waals surface area contributed by atoms with E-state index in [-0.39, 0.29) is 30.7 Å². The zero-order valence-electron chi connectivity index (χ0n) is 23.0. The Bertz CT molecular complexity index is 1520. The van der Waals surface area contributed by atoms with Crippen LogP contribution >= 0.6 is 0 Å². The number of aromatic nitrogens is 2. The van der Waals surface area contributed by atoms with Crippen molar-refractivity contribution in [3.63, 3.8) is 0 Å². The molecular weight excluding hydrogens is 548 g/mol. The maximum absolute atomic E-state index is 13.3. The number of aliphatic carboxylic acids is 1. The number of likely N-dealkylation sites (tertiary alicyclic amines) is 1. The van der Waals surface area contributed by atoms with Crippen molar-refractivity contribution < 1.29 is 27.9 Å². The summed E-state index contributed by atoms with van der Waals surface area (Å²) in [5.41, 5.74) is 4.00. The number of carbonyl (C=O) groups is 3. The van der Waals surface area contributed by atoms with Crippen LogP contribution in [0.2, 0.25) is 0 Å². The second kappa shape index (κ2) is 12.5. The van der Waals surface area contributed by atoms with E-state index in [0.717, 1.165) is 23.9 Å². The Morgan fingerprint density at radius 3 is 2.54 bits per heavy atom. The first kappa shape index (κ1) is 29.7. The van der Waals surface area contributed by atoms with Gasteiger partial charge < -0.3 is 25.6 Å². The number of benzene rings is 1. The van der Waals surface area contributed by atoms with Crippen LogP contribution in [0.5, 0.6) is 0 Å². The molecular formula is C28H34N6O6S. The number of H-pyrrole nitrogens is 1. The monoisotopic (exact) mass is 582 g/mol. The molecule has 0 spiro atoms. The molecule has 0 saturated carbocycles. The second-order valence-corrected chi connectivity index (χ2v) is 12.1. The Hall–Kier alpha value is -4.23. The molecule has 0 aliphatic carbocycles. The van der Waals surface area contributed by atoms with E-state index < -0.39 is 28.1 Å². The van der Waals surface area contributed by atoms with E-state index in [2.05, 4.69) is 25.3 Å². The maximum atomic E-state index is 13.3. The molecule has 2 aromatic heterocycles. The van der Waals surface area contributed by atoms with Crippen LogP contribution in [-0.2, 0) is 32.5 Å². The lowest BCUT2D eigenvalue weighted by atomic mass is 10.00. The number of carboxylic acids is 1. The molecule has 4 rings (SSSR count). The highest BCUT2D eigenvalue weighted by Crippen LogP contribution is 2.37. The lowest BCUT2D eigenvalue weighted by Crippen LogP contribution is -2.41. The molecule has 3 atom stereocenters. The lowest BCUT2D eigenvalue weighted by molar-refractivity contribution is -0.139. The van der Waals surface area contributed by atoms with Gasteiger partial charge in [-0.25, -0.2) is 17.9 Å². The minimum Gasteiger partial charge on any atom is -0.480 e. The highest BCUT2D eigenvalue weighted by Gasteiger charge is 2.36. The number of amides is 3.